The summed E-state index contributed by atoms with van der Waals surface area (Å²) in [6.45, 7) is 4.67. The van der Waals surface area contributed by atoms with E-state index in [1.165, 1.54) is 0 Å². The van der Waals surface area contributed by atoms with Gasteiger partial charge in [0, 0.05) is 39.4 Å². The molecule has 4 heterocycles. The lowest BCUT2D eigenvalue weighted by Crippen LogP contribution is -2.37. The summed E-state index contributed by atoms with van der Waals surface area (Å²) < 4.78 is 18.8. The number of hydrogen-bond acceptors (Lipinski definition) is 6. The lowest BCUT2D eigenvalue weighted by molar-refractivity contribution is 0.122. The minimum Gasteiger partial charge on any atom is -0.488 e. The minimum absolute atomic E-state index is 0. The van der Waals surface area contributed by atoms with E-state index in [9.17, 15) is 0 Å². The van der Waals surface area contributed by atoms with Crippen molar-refractivity contribution in [2.45, 2.75) is 12.5 Å². The molecular weight excluding hydrogens is 346 g/mol. The summed E-state index contributed by atoms with van der Waals surface area (Å²) >= 11 is 0. The number of morpholine rings is 1. The molecule has 1 N–H and O–H groups in total. The van der Waals surface area contributed by atoms with Crippen molar-refractivity contribution in [1.82, 2.24) is 20.0 Å². The van der Waals surface area contributed by atoms with Gasteiger partial charge in [-0.3, -0.25) is 9.78 Å². The predicted octanol–water partition coefficient (Wildman–Crippen LogP) is 2.21. The molecule has 2 aliphatic rings. The van der Waals surface area contributed by atoms with Crippen LogP contribution in [0.1, 0.15) is 7.85 Å². The molecule has 2 aromatic heterocycles. The van der Waals surface area contributed by atoms with E-state index in [1.807, 2.05) is 29.9 Å². The second-order valence-electron chi connectivity index (χ2n) is 6.99. The molecule has 0 spiro atoms. The van der Waals surface area contributed by atoms with Crippen LogP contribution >= 0.6 is 0 Å². The van der Waals surface area contributed by atoms with Gasteiger partial charge in [-0.05, 0) is 18.2 Å². The van der Waals surface area contributed by atoms with E-state index in [0.717, 1.165) is 73.2 Å². The molecule has 0 bridgehead atoms. The third-order valence-electron chi connectivity index (χ3n) is 5.16. The van der Waals surface area contributed by atoms with Gasteiger partial charge in [0.2, 0.25) is 0 Å². The molecule has 0 aliphatic carbocycles. The highest BCUT2D eigenvalue weighted by atomic mass is 16.5. The number of anilines is 1. The zero-order valence-electron chi connectivity index (χ0n) is 15.4. The molecular formula is C19H25N5O3. The van der Waals surface area contributed by atoms with Crippen molar-refractivity contribution in [2.75, 3.05) is 44.4 Å². The second-order valence-corrected chi connectivity index (χ2v) is 6.99. The molecule has 2 aliphatic heterocycles. The highest BCUT2D eigenvalue weighted by Gasteiger charge is 2.20. The third kappa shape index (κ3) is 3.15. The summed E-state index contributed by atoms with van der Waals surface area (Å²) in [6.07, 6.45) is 1.06. The molecule has 2 saturated heterocycles. The number of nitrogens with one attached hydrogen (secondary N) is 1. The van der Waals surface area contributed by atoms with Gasteiger partial charge in [-0.25, -0.2) is 0 Å². The summed E-state index contributed by atoms with van der Waals surface area (Å²) in [6, 6.07) is 8.11. The van der Waals surface area contributed by atoms with Gasteiger partial charge in [0.25, 0.3) is 0 Å². The molecule has 8 nitrogen and oxygen atoms in total. The van der Waals surface area contributed by atoms with Crippen LogP contribution in [0.15, 0.2) is 24.3 Å². The van der Waals surface area contributed by atoms with Crippen molar-refractivity contribution < 1.29 is 15.6 Å². The Hall–Kier alpha value is -2.58. The largest absolute Gasteiger partial charge is 0.488 e. The van der Waals surface area contributed by atoms with Gasteiger partial charge in [-0.2, -0.15) is 10.2 Å². The van der Waals surface area contributed by atoms with Crippen LogP contribution in [-0.2, 0) is 16.5 Å². The lowest BCUT2D eigenvalue weighted by atomic mass is 10.1. The number of hydrogen-bond donors (Lipinski definition) is 1. The van der Waals surface area contributed by atoms with E-state index in [4.69, 9.17) is 19.3 Å². The predicted molar refractivity (Wildman–Crippen MR) is 103 cm³/mol. The zero-order chi connectivity index (χ0) is 18.2. The summed E-state index contributed by atoms with van der Waals surface area (Å²) in [7, 11) is 1.97. The van der Waals surface area contributed by atoms with Gasteiger partial charge >= 0.3 is 0 Å². The molecule has 2 fully saturated rings. The molecule has 0 unspecified atom stereocenters. The van der Waals surface area contributed by atoms with Crippen molar-refractivity contribution in [2.24, 2.45) is 7.05 Å². The Kier molecular flexibility index (Phi) is 4.21. The first-order valence-corrected chi connectivity index (χ1v) is 9.37. The van der Waals surface area contributed by atoms with E-state index < -0.39 is 0 Å². The minimum atomic E-state index is 0. The third-order valence-corrected chi connectivity index (χ3v) is 5.16. The van der Waals surface area contributed by atoms with Gasteiger partial charge in [0.05, 0.1) is 31.9 Å². The molecule has 8 heteroatoms. The first kappa shape index (κ1) is 16.6. The maximum atomic E-state index is 6.05. The first-order valence-electron chi connectivity index (χ1n) is 9.37. The number of fused-ring (bicyclic) bond motifs is 1. The molecule has 0 saturated carbocycles. The van der Waals surface area contributed by atoms with Crippen LogP contribution in [0, 0.1) is 0 Å². The molecule has 3 aromatic rings. The quantitative estimate of drug-likeness (QED) is 0.758. The van der Waals surface area contributed by atoms with Gasteiger partial charge < -0.3 is 19.1 Å². The molecule has 0 radical (unpaired) electrons. The van der Waals surface area contributed by atoms with Crippen LogP contribution < -0.4 is 9.64 Å². The fourth-order valence-electron chi connectivity index (χ4n) is 3.72. The Balaban J connectivity index is 0.00000192. The number of aromatic nitrogens is 4. The molecule has 1 aromatic carbocycles. The molecule has 5 rings (SSSR count). The molecule has 1 atom stereocenters. The standard InChI is InChI=1S/C19H23N5O3.H2/c1-23-18(24-5-8-25-9-6-24)11-17(22-23)19-15-10-13(2-3-16(15)20-21-19)27-14-4-7-26-12-14;/h2-3,10-11,14H,4-9,12H2,1H3,(H,20,21);1H/t14-;/m1./s1. The molecule has 144 valence electrons. The lowest BCUT2D eigenvalue weighted by Gasteiger charge is -2.28. The van der Waals surface area contributed by atoms with E-state index in [2.05, 4.69) is 21.2 Å². The van der Waals surface area contributed by atoms with E-state index in [-0.39, 0.29) is 7.53 Å². The maximum absolute atomic E-state index is 6.05. The zero-order valence-corrected chi connectivity index (χ0v) is 15.4. The number of aryl methyl sites for hydroxylation is 1. The van der Waals surface area contributed by atoms with Crippen molar-refractivity contribution in [3.63, 3.8) is 0 Å². The second kappa shape index (κ2) is 6.86. The van der Waals surface area contributed by atoms with Crippen molar-refractivity contribution in [3.05, 3.63) is 24.3 Å². The average Bonchev–Trinajstić information content (AvgIpc) is 3.42. The van der Waals surface area contributed by atoms with E-state index in [1.54, 1.807) is 0 Å². The van der Waals surface area contributed by atoms with Crippen LogP contribution in [0.3, 0.4) is 0 Å². The molecule has 0 amide bonds. The SMILES string of the molecule is Cn1nc(-c2n[nH]c3ccc(O[C@@H]4CCOC4)cc23)cc1N1CCOCC1.[HH]. The van der Waals surface area contributed by atoms with Crippen LogP contribution in [0.2, 0.25) is 0 Å². The van der Waals surface area contributed by atoms with Crippen LogP contribution in [0.25, 0.3) is 22.3 Å². The number of nitrogens with zero attached hydrogens (tertiary/aromatic N) is 4. The molecule has 27 heavy (non-hydrogen) atoms. The maximum Gasteiger partial charge on any atom is 0.127 e. The van der Waals surface area contributed by atoms with Gasteiger partial charge in [0.1, 0.15) is 29.1 Å². The number of aromatic amines is 1. The first-order chi connectivity index (χ1) is 13.3. The number of ether oxygens (including phenoxy) is 3. The van der Waals surface area contributed by atoms with Crippen LogP contribution in [0.5, 0.6) is 5.75 Å². The van der Waals surface area contributed by atoms with Crippen molar-refractivity contribution >= 4 is 16.7 Å². The number of H-pyrrole nitrogens is 1. The summed E-state index contributed by atoms with van der Waals surface area (Å²) in [4.78, 5) is 2.30. The van der Waals surface area contributed by atoms with Crippen LogP contribution in [0.4, 0.5) is 5.82 Å². The van der Waals surface area contributed by atoms with E-state index >= 15 is 0 Å². The highest BCUT2D eigenvalue weighted by molar-refractivity contribution is 5.93. The monoisotopic (exact) mass is 371 g/mol. The number of rotatable bonds is 4. The normalized spacial score (nSPS) is 20.5. The smallest absolute Gasteiger partial charge is 0.127 e. The average molecular weight is 371 g/mol. The van der Waals surface area contributed by atoms with Crippen molar-refractivity contribution in [1.29, 1.82) is 0 Å². The van der Waals surface area contributed by atoms with Gasteiger partial charge in [-0.15, -0.1) is 0 Å². The topological polar surface area (TPSA) is 77.4 Å². The van der Waals surface area contributed by atoms with Gasteiger partial charge in [-0.1, -0.05) is 0 Å². The van der Waals surface area contributed by atoms with E-state index in [0.29, 0.717) is 6.61 Å². The Morgan fingerprint density at radius 1 is 1.19 bits per heavy atom. The van der Waals surface area contributed by atoms with Crippen LogP contribution in [-0.4, -0.2) is 65.6 Å². The summed E-state index contributed by atoms with van der Waals surface area (Å²) in [5.41, 5.74) is 2.67. The highest BCUT2D eigenvalue weighted by Crippen LogP contribution is 2.31. The summed E-state index contributed by atoms with van der Waals surface area (Å²) in [5, 5.41) is 13.3. The fourth-order valence-corrected chi connectivity index (χ4v) is 3.72. The van der Waals surface area contributed by atoms with Gasteiger partial charge in [0.15, 0.2) is 0 Å². The number of benzene rings is 1. The Bertz CT molecular complexity index is 944. The Morgan fingerprint density at radius 2 is 2.07 bits per heavy atom. The Morgan fingerprint density at radius 3 is 2.89 bits per heavy atom. The van der Waals surface area contributed by atoms with Crippen molar-refractivity contribution in [3.8, 4) is 17.1 Å². The fraction of sp³-hybridized carbons (Fsp3) is 0.474. The Labute approximate surface area is 158 Å². The summed E-state index contributed by atoms with van der Waals surface area (Å²) in [5.74, 6) is 1.92.